The SMILES string of the molecule is CC.NCCC12CCCN1C2. The minimum absolute atomic E-state index is 0.620. The van der Waals surface area contributed by atoms with Crippen LogP contribution in [0.3, 0.4) is 0 Å². The average molecular weight is 156 g/mol. The maximum absolute atomic E-state index is 5.49. The minimum atomic E-state index is 0.620. The zero-order valence-corrected chi connectivity index (χ0v) is 7.77. The van der Waals surface area contributed by atoms with E-state index in [-0.39, 0.29) is 0 Å². The molecule has 2 nitrogen and oxygen atoms in total. The summed E-state index contributed by atoms with van der Waals surface area (Å²) in [7, 11) is 0. The highest BCUT2D eigenvalue weighted by Crippen LogP contribution is 2.44. The Morgan fingerprint density at radius 1 is 1.45 bits per heavy atom. The van der Waals surface area contributed by atoms with Crippen molar-refractivity contribution in [2.45, 2.75) is 38.6 Å². The van der Waals surface area contributed by atoms with E-state index >= 15 is 0 Å². The summed E-state index contributed by atoms with van der Waals surface area (Å²) in [5.74, 6) is 0. The molecular formula is C9H20N2. The summed E-state index contributed by atoms with van der Waals surface area (Å²) in [4.78, 5) is 2.56. The van der Waals surface area contributed by atoms with Gasteiger partial charge in [-0.25, -0.2) is 0 Å². The second-order valence-electron chi connectivity index (χ2n) is 3.29. The lowest BCUT2D eigenvalue weighted by molar-refractivity contribution is 0.472. The summed E-state index contributed by atoms with van der Waals surface area (Å²) in [6.45, 7) is 7.54. The maximum Gasteiger partial charge on any atom is 0.0349 e. The molecule has 2 aliphatic rings. The molecule has 11 heavy (non-hydrogen) atoms. The third kappa shape index (κ3) is 1.57. The first-order chi connectivity index (χ1) is 5.37. The van der Waals surface area contributed by atoms with E-state index < -0.39 is 0 Å². The molecule has 2 unspecified atom stereocenters. The molecule has 2 heterocycles. The van der Waals surface area contributed by atoms with Crippen LogP contribution in [0.15, 0.2) is 0 Å². The molecule has 0 aromatic rings. The Bertz CT molecular complexity index is 125. The third-order valence-electron chi connectivity index (χ3n) is 2.73. The van der Waals surface area contributed by atoms with Crippen LogP contribution >= 0.6 is 0 Å². The summed E-state index contributed by atoms with van der Waals surface area (Å²) < 4.78 is 0. The van der Waals surface area contributed by atoms with Crippen LogP contribution in [-0.4, -0.2) is 30.1 Å². The van der Waals surface area contributed by atoms with Gasteiger partial charge in [-0.15, -0.1) is 0 Å². The van der Waals surface area contributed by atoms with Crippen LogP contribution in [0.25, 0.3) is 0 Å². The topological polar surface area (TPSA) is 29.0 Å². The molecule has 0 saturated carbocycles. The predicted molar refractivity (Wildman–Crippen MR) is 48.6 cm³/mol. The van der Waals surface area contributed by atoms with Gasteiger partial charge in [0.25, 0.3) is 0 Å². The molecule has 2 rings (SSSR count). The Morgan fingerprint density at radius 2 is 2.18 bits per heavy atom. The van der Waals surface area contributed by atoms with Gasteiger partial charge in [-0.2, -0.15) is 0 Å². The standard InChI is InChI=1S/C7H14N2.C2H6/c8-4-3-7-2-1-5-9(7)6-7;1-2/h1-6,8H2;1-2H3. The van der Waals surface area contributed by atoms with Gasteiger partial charge < -0.3 is 5.73 Å². The monoisotopic (exact) mass is 156 g/mol. The fourth-order valence-corrected chi connectivity index (χ4v) is 2.10. The summed E-state index contributed by atoms with van der Waals surface area (Å²) in [5, 5.41) is 0. The van der Waals surface area contributed by atoms with Gasteiger partial charge in [-0.1, -0.05) is 13.8 Å². The lowest BCUT2D eigenvalue weighted by Gasteiger charge is -2.06. The van der Waals surface area contributed by atoms with Crippen molar-refractivity contribution in [3.63, 3.8) is 0 Å². The van der Waals surface area contributed by atoms with Crippen LogP contribution in [0, 0.1) is 0 Å². The molecule has 0 aromatic heterocycles. The van der Waals surface area contributed by atoms with E-state index in [0.717, 1.165) is 6.54 Å². The molecule has 0 spiro atoms. The average Bonchev–Trinajstić information content (AvgIpc) is 2.58. The van der Waals surface area contributed by atoms with Crippen LogP contribution in [-0.2, 0) is 0 Å². The van der Waals surface area contributed by atoms with E-state index in [4.69, 9.17) is 5.73 Å². The van der Waals surface area contributed by atoms with Gasteiger partial charge in [0.05, 0.1) is 0 Å². The van der Waals surface area contributed by atoms with Crippen molar-refractivity contribution in [2.75, 3.05) is 19.6 Å². The van der Waals surface area contributed by atoms with E-state index in [1.807, 2.05) is 13.8 Å². The molecule has 0 amide bonds. The molecule has 0 radical (unpaired) electrons. The van der Waals surface area contributed by atoms with E-state index in [2.05, 4.69) is 4.90 Å². The first-order valence-electron chi connectivity index (χ1n) is 4.82. The molecule has 2 heteroatoms. The summed E-state index contributed by atoms with van der Waals surface area (Å²) >= 11 is 0. The second kappa shape index (κ2) is 3.55. The highest BCUT2D eigenvalue weighted by Gasteiger charge is 2.53. The molecule has 2 N–H and O–H groups in total. The van der Waals surface area contributed by atoms with Crippen LogP contribution in [0.2, 0.25) is 0 Å². The third-order valence-corrected chi connectivity index (χ3v) is 2.73. The molecule has 2 fully saturated rings. The summed E-state index contributed by atoms with van der Waals surface area (Å²) in [6.07, 6.45) is 4.04. The second-order valence-corrected chi connectivity index (χ2v) is 3.29. The molecular weight excluding hydrogens is 136 g/mol. The van der Waals surface area contributed by atoms with Gasteiger partial charge in [0.2, 0.25) is 0 Å². The Labute approximate surface area is 69.8 Å². The van der Waals surface area contributed by atoms with Gasteiger partial charge in [0, 0.05) is 12.1 Å². The number of fused-ring (bicyclic) bond motifs is 1. The van der Waals surface area contributed by atoms with Crippen molar-refractivity contribution in [1.82, 2.24) is 4.90 Å². The van der Waals surface area contributed by atoms with Crippen LogP contribution in [0.1, 0.15) is 33.1 Å². The number of hydrogen-bond acceptors (Lipinski definition) is 2. The van der Waals surface area contributed by atoms with Crippen LogP contribution in [0.4, 0.5) is 0 Å². The van der Waals surface area contributed by atoms with E-state index in [1.54, 1.807) is 0 Å². The van der Waals surface area contributed by atoms with Crippen molar-refractivity contribution in [3.05, 3.63) is 0 Å². The Morgan fingerprint density at radius 3 is 2.55 bits per heavy atom. The maximum atomic E-state index is 5.49. The minimum Gasteiger partial charge on any atom is -0.330 e. The Kier molecular flexibility index (Phi) is 2.90. The predicted octanol–water partition coefficient (Wildman–Crippen LogP) is 1.21. The zero-order chi connectivity index (χ0) is 8.32. The van der Waals surface area contributed by atoms with Crippen LogP contribution < -0.4 is 5.73 Å². The largest absolute Gasteiger partial charge is 0.330 e. The summed E-state index contributed by atoms with van der Waals surface area (Å²) in [5.41, 5.74) is 6.11. The molecule has 2 atom stereocenters. The number of nitrogens with two attached hydrogens (primary N) is 1. The fraction of sp³-hybridized carbons (Fsp3) is 1.00. The number of nitrogens with zero attached hydrogens (tertiary/aromatic N) is 1. The lowest BCUT2D eigenvalue weighted by atomic mass is 10.0. The van der Waals surface area contributed by atoms with Crippen molar-refractivity contribution < 1.29 is 0 Å². The first-order valence-corrected chi connectivity index (χ1v) is 4.82. The highest BCUT2D eigenvalue weighted by atomic mass is 15.4. The molecule has 66 valence electrons. The van der Waals surface area contributed by atoms with E-state index in [9.17, 15) is 0 Å². The Hall–Kier alpha value is -0.0800. The van der Waals surface area contributed by atoms with Gasteiger partial charge >= 0.3 is 0 Å². The van der Waals surface area contributed by atoms with Crippen molar-refractivity contribution in [3.8, 4) is 0 Å². The Balaban J connectivity index is 0.000000281. The number of piperidine rings is 1. The number of hydrogen-bond donors (Lipinski definition) is 1. The van der Waals surface area contributed by atoms with E-state index in [1.165, 1.54) is 32.4 Å². The fourth-order valence-electron chi connectivity index (χ4n) is 2.10. The molecule has 0 aromatic carbocycles. The van der Waals surface area contributed by atoms with Gasteiger partial charge in [0.15, 0.2) is 0 Å². The van der Waals surface area contributed by atoms with Gasteiger partial charge in [0.1, 0.15) is 0 Å². The van der Waals surface area contributed by atoms with E-state index in [0.29, 0.717) is 5.54 Å². The zero-order valence-electron chi connectivity index (χ0n) is 7.77. The smallest absolute Gasteiger partial charge is 0.0349 e. The molecule has 2 saturated heterocycles. The first kappa shape index (κ1) is 9.01. The normalized spacial score (nSPS) is 39.0. The lowest BCUT2D eigenvalue weighted by Crippen LogP contribution is -2.17. The van der Waals surface area contributed by atoms with Gasteiger partial charge in [-0.3, -0.25) is 4.90 Å². The molecule has 0 bridgehead atoms. The van der Waals surface area contributed by atoms with Crippen molar-refractivity contribution in [1.29, 1.82) is 0 Å². The van der Waals surface area contributed by atoms with Crippen LogP contribution in [0.5, 0.6) is 0 Å². The van der Waals surface area contributed by atoms with Crippen molar-refractivity contribution >= 4 is 0 Å². The molecule has 2 aliphatic heterocycles. The van der Waals surface area contributed by atoms with Gasteiger partial charge in [-0.05, 0) is 32.4 Å². The van der Waals surface area contributed by atoms with Crippen molar-refractivity contribution in [2.24, 2.45) is 5.73 Å². The number of rotatable bonds is 2. The highest BCUT2D eigenvalue weighted by molar-refractivity contribution is 5.10. The quantitative estimate of drug-likeness (QED) is 0.609. The molecule has 0 aliphatic carbocycles. The summed E-state index contributed by atoms with van der Waals surface area (Å²) in [6, 6.07) is 0.